The first-order valence-corrected chi connectivity index (χ1v) is 5.43. The molecule has 0 fully saturated rings. The summed E-state index contributed by atoms with van der Waals surface area (Å²) >= 11 is 0. The quantitative estimate of drug-likeness (QED) is 0.796. The maximum Gasteiger partial charge on any atom is 0.328 e. The number of amides is 1. The normalized spacial score (nSPS) is 11.2. The van der Waals surface area contributed by atoms with Crippen molar-refractivity contribution in [3.63, 3.8) is 0 Å². The predicted octanol–water partition coefficient (Wildman–Crippen LogP) is 0.778. The third-order valence-electron chi connectivity index (χ3n) is 2.38. The van der Waals surface area contributed by atoms with Gasteiger partial charge in [-0.15, -0.1) is 0 Å². The van der Waals surface area contributed by atoms with Crippen LogP contribution in [-0.4, -0.2) is 25.0 Å². The van der Waals surface area contributed by atoms with E-state index >= 15 is 0 Å². The van der Waals surface area contributed by atoms with Crippen LogP contribution in [0.15, 0.2) is 24.3 Å². The monoisotopic (exact) mass is 246 g/mol. The molecule has 0 radical (unpaired) electrons. The van der Waals surface area contributed by atoms with E-state index in [0.29, 0.717) is 5.56 Å². The van der Waals surface area contributed by atoms with Gasteiger partial charge < -0.3 is 10.1 Å². The summed E-state index contributed by atoms with van der Waals surface area (Å²) in [7, 11) is 1.27. The average Bonchev–Trinajstić information content (AvgIpc) is 2.38. The summed E-state index contributed by atoms with van der Waals surface area (Å²) in [5.74, 6) is -0.749. The second-order valence-corrected chi connectivity index (χ2v) is 3.80. The van der Waals surface area contributed by atoms with Crippen LogP contribution in [0.3, 0.4) is 0 Å². The highest BCUT2D eigenvalue weighted by molar-refractivity contribution is 5.85. The number of methoxy groups -OCH3 is 1. The van der Waals surface area contributed by atoms with Crippen LogP contribution in [0.4, 0.5) is 0 Å². The summed E-state index contributed by atoms with van der Waals surface area (Å²) in [5, 5.41) is 11.2. The Morgan fingerprint density at radius 1 is 1.39 bits per heavy atom. The van der Waals surface area contributed by atoms with E-state index in [1.807, 2.05) is 6.07 Å². The number of nitrogens with one attached hydrogen (secondary N) is 1. The molecule has 1 aromatic rings. The zero-order valence-corrected chi connectivity index (χ0v) is 10.3. The number of rotatable bonds is 4. The fourth-order valence-electron chi connectivity index (χ4n) is 1.41. The van der Waals surface area contributed by atoms with Gasteiger partial charge in [-0.25, -0.2) is 4.79 Å². The number of hydrogen-bond donors (Lipinski definition) is 1. The Labute approximate surface area is 105 Å². The van der Waals surface area contributed by atoms with E-state index in [0.717, 1.165) is 5.56 Å². The Hall–Kier alpha value is -2.35. The van der Waals surface area contributed by atoms with E-state index in [1.165, 1.54) is 7.11 Å². The van der Waals surface area contributed by atoms with Gasteiger partial charge in [0.05, 0.1) is 25.2 Å². The molecule has 0 aliphatic rings. The first-order valence-electron chi connectivity index (χ1n) is 5.43. The molecule has 1 rings (SSSR count). The van der Waals surface area contributed by atoms with Gasteiger partial charge in [-0.3, -0.25) is 4.79 Å². The van der Waals surface area contributed by atoms with Gasteiger partial charge >= 0.3 is 5.97 Å². The number of carbonyl (C=O) groups is 2. The van der Waals surface area contributed by atoms with E-state index in [9.17, 15) is 9.59 Å². The van der Waals surface area contributed by atoms with Gasteiger partial charge in [0.1, 0.15) is 6.04 Å². The standard InChI is InChI=1S/C13H14N2O3/c1-9(13(17)18-2)15-12(16)7-10-3-5-11(8-14)6-4-10/h3-6,9H,7H2,1-2H3,(H,15,16). The summed E-state index contributed by atoms with van der Waals surface area (Å²) < 4.78 is 4.50. The Morgan fingerprint density at radius 3 is 2.50 bits per heavy atom. The zero-order chi connectivity index (χ0) is 13.5. The number of carbonyl (C=O) groups excluding carboxylic acids is 2. The molecular weight excluding hydrogens is 232 g/mol. The third kappa shape index (κ3) is 3.91. The minimum absolute atomic E-state index is 0.160. The smallest absolute Gasteiger partial charge is 0.328 e. The van der Waals surface area contributed by atoms with Gasteiger partial charge in [0.25, 0.3) is 0 Å². The SMILES string of the molecule is COC(=O)C(C)NC(=O)Cc1ccc(C#N)cc1. The fourth-order valence-corrected chi connectivity index (χ4v) is 1.41. The maximum absolute atomic E-state index is 11.6. The molecular formula is C13H14N2O3. The molecule has 94 valence electrons. The van der Waals surface area contributed by atoms with Crippen molar-refractivity contribution in [2.45, 2.75) is 19.4 Å². The molecule has 1 atom stereocenters. The first kappa shape index (κ1) is 13.7. The van der Waals surface area contributed by atoms with Crippen molar-refractivity contribution < 1.29 is 14.3 Å². The van der Waals surface area contributed by atoms with E-state index in [2.05, 4.69) is 10.1 Å². The van der Waals surface area contributed by atoms with Gasteiger partial charge in [0.15, 0.2) is 0 Å². The van der Waals surface area contributed by atoms with Crippen LogP contribution in [0.2, 0.25) is 0 Å². The van der Waals surface area contributed by atoms with Crippen LogP contribution in [0, 0.1) is 11.3 Å². The van der Waals surface area contributed by atoms with Gasteiger partial charge in [0.2, 0.25) is 5.91 Å². The van der Waals surface area contributed by atoms with Gasteiger partial charge in [-0.1, -0.05) is 12.1 Å². The zero-order valence-electron chi connectivity index (χ0n) is 10.3. The molecule has 5 heteroatoms. The summed E-state index contributed by atoms with van der Waals surface area (Å²) in [5.41, 5.74) is 1.32. The van der Waals surface area contributed by atoms with Crippen molar-refractivity contribution in [3.8, 4) is 6.07 Å². The molecule has 1 unspecified atom stereocenters. The lowest BCUT2D eigenvalue weighted by atomic mass is 10.1. The number of esters is 1. The summed E-state index contributed by atoms with van der Waals surface area (Å²) in [6.07, 6.45) is 0.160. The van der Waals surface area contributed by atoms with Crippen molar-refractivity contribution in [1.29, 1.82) is 5.26 Å². The Kier molecular flexibility index (Phi) is 4.88. The second-order valence-electron chi connectivity index (χ2n) is 3.80. The Bertz CT molecular complexity index is 474. The Balaban J connectivity index is 2.54. The molecule has 1 aromatic carbocycles. The fraction of sp³-hybridized carbons (Fsp3) is 0.308. The second kappa shape index (κ2) is 6.40. The molecule has 0 saturated carbocycles. The highest BCUT2D eigenvalue weighted by Crippen LogP contribution is 2.04. The summed E-state index contributed by atoms with van der Waals surface area (Å²) in [6.45, 7) is 1.56. The number of nitriles is 1. The van der Waals surface area contributed by atoms with Crippen LogP contribution < -0.4 is 5.32 Å². The molecule has 0 aliphatic heterocycles. The lowest BCUT2D eigenvalue weighted by Gasteiger charge is -2.11. The number of nitrogens with zero attached hydrogens (tertiary/aromatic N) is 1. The third-order valence-corrected chi connectivity index (χ3v) is 2.38. The molecule has 0 bridgehead atoms. The molecule has 1 amide bonds. The van der Waals surface area contributed by atoms with Crippen LogP contribution in [0.25, 0.3) is 0 Å². The van der Waals surface area contributed by atoms with Crippen LogP contribution in [0.5, 0.6) is 0 Å². The summed E-state index contributed by atoms with van der Waals surface area (Å²) in [4.78, 5) is 22.7. The van der Waals surface area contributed by atoms with Gasteiger partial charge in [-0.05, 0) is 24.6 Å². The van der Waals surface area contributed by atoms with Crippen LogP contribution in [-0.2, 0) is 20.7 Å². The molecule has 5 nitrogen and oxygen atoms in total. The molecule has 0 aromatic heterocycles. The molecule has 0 heterocycles. The van der Waals surface area contributed by atoms with Gasteiger partial charge in [0, 0.05) is 0 Å². The van der Waals surface area contributed by atoms with E-state index in [-0.39, 0.29) is 12.3 Å². The number of benzene rings is 1. The van der Waals surface area contributed by atoms with Crippen molar-refractivity contribution in [2.75, 3.05) is 7.11 Å². The first-order chi connectivity index (χ1) is 8.56. The summed E-state index contributed by atoms with van der Waals surface area (Å²) in [6, 6.07) is 8.04. The van der Waals surface area contributed by atoms with Crippen molar-refractivity contribution in [3.05, 3.63) is 35.4 Å². The maximum atomic E-state index is 11.6. The molecule has 0 saturated heterocycles. The van der Waals surface area contributed by atoms with Crippen molar-refractivity contribution in [1.82, 2.24) is 5.32 Å². The highest BCUT2D eigenvalue weighted by atomic mass is 16.5. The lowest BCUT2D eigenvalue weighted by Crippen LogP contribution is -2.39. The van der Waals surface area contributed by atoms with Crippen molar-refractivity contribution in [2.24, 2.45) is 0 Å². The molecule has 1 N–H and O–H groups in total. The predicted molar refractivity (Wildman–Crippen MR) is 64.5 cm³/mol. The molecule has 18 heavy (non-hydrogen) atoms. The molecule has 0 aliphatic carbocycles. The topological polar surface area (TPSA) is 79.2 Å². The number of ether oxygens (including phenoxy) is 1. The van der Waals surface area contributed by atoms with Crippen molar-refractivity contribution >= 4 is 11.9 Å². The largest absolute Gasteiger partial charge is 0.467 e. The van der Waals surface area contributed by atoms with Crippen LogP contribution >= 0.6 is 0 Å². The van der Waals surface area contributed by atoms with E-state index in [1.54, 1.807) is 31.2 Å². The minimum atomic E-state index is -0.666. The van der Waals surface area contributed by atoms with Crippen LogP contribution in [0.1, 0.15) is 18.1 Å². The molecule has 0 spiro atoms. The number of hydrogen-bond acceptors (Lipinski definition) is 4. The van der Waals surface area contributed by atoms with Gasteiger partial charge in [-0.2, -0.15) is 5.26 Å². The lowest BCUT2D eigenvalue weighted by molar-refractivity contribution is -0.144. The highest BCUT2D eigenvalue weighted by Gasteiger charge is 2.15. The minimum Gasteiger partial charge on any atom is -0.467 e. The Morgan fingerprint density at radius 2 is 2.00 bits per heavy atom. The van der Waals surface area contributed by atoms with E-state index in [4.69, 9.17) is 5.26 Å². The van der Waals surface area contributed by atoms with E-state index < -0.39 is 12.0 Å². The average molecular weight is 246 g/mol.